The minimum absolute atomic E-state index is 0.333. The molecule has 0 saturated carbocycles. The van der Waals surface area contributed by atoms with Crippen molar-refractivity contribution in [1.29, 1.82) is 0 Å². The summed E-state index contributed by atoms with van der Waals surface area (Å²) in [6.45, 7) is 0. The summed E-state index contributed by atoms with van der Waals surface area (Å²) in [7, 11) is 0. The maximum atomic E-state index is 13.9. The van der Waals surface area contributed by atoms with Crippen LogP contribution in [0.5, 0.6) is 0 Å². The molecule has 2 rings (SSSR count). The average molecular weight is 543 g/mol. The Morgan fingerprint density at radius 1 is 0.743 bits per heavy atom. The number of ether oxygens (including phenoxy) is 2. The Balaban J connectivity index is 2.06. The highest BCUT2D eigenvalue weighted by Gasteiger charge is 2.33. The van der Waals surface area contributed by atoms with Gasteiger partial charge in [-0.1, -0.05) is 23.2 Å². The van der Waals surface area contributed by atoms with E-state index in [1.807, 2.05) is 0 Å². The van der Waals surface area contributed by atoms with Crippen LogP contribution in [0.15, 0.2) is 24.3 Å². The van der Waals surface area contributed by atoms with Crippen molar-refractivity contribution in [2.45, 2.75) is 31.7 Å². The van der Waals surface area contributed by atoms with Crippen LogP contribution in [-0.2, 0) is 31.9 Å². The molecule has 0 bridgehead atoms. The molecule has 2 aromatic rings. The molecule has 0 N–H and O–H groups in total. The summed E-state index contributed by atoms with van der Waals surface area (Å²) < 4.78 is 64.4. The molecule has 0 amide bonds. The van der Waals surface area contributed by atoms with Crippen molar-refractivity contribution in [3.05, 3.63) is 88.9 Å². The van der Waals surface area contributed by atoms with Crippen molar-refractivity contribution in [3.63, 3.8) is 0 Å². The van der Waals surface area contributed by atoms with E-state index in [2.05, 4.69) is 9.47 Å². The summed E-state index contributed by atoms with van der Waals surface area (Å²) in [5.41, 5.74) is -1.65. The Kier molecular flexibility index (Phi) is 9.31. The van der Waals surface area contributed by atoms with E-state index >= 15 is 0 Å². The van der Waals surface area contributed by atoms with E-state index in [0.29, 0.717) is 24.3 Å². The van der Waals surface area contributed by atoms with Gasteiger partial charge in [0, 0.05) is 21.2 Å². The van der Waals surface area contributed by atoms with Crippen LogP contribution in [0.25, 0.3) is 0 Å². The Bertz CT molecular complexity index is 1050. The molecule has 0 aliphatic carbocycles. The van der Waals surface area contributed by atoms with E-state index in [0.717, 1.165) is 0 Å². The Morgan fingerprint density at radius 3 is 1.29 bits per heavy atom. The quantitative estimate of drug-likeness (QED) is 0.109. The van der Waals surface area contributed by atoms with Crippen molar-refractivity contribution >= 4 is 35.1 Å². The van der Waals surface area contributed by atoms with E-state index in [1.54, 1.807) is 0 Å². The van der Waals surface area contributed by atoms with E-state index in [-0.39, 0.29) is 10.0 Å². The normalized spacial score (nSPS) is 12.5. The molecule has 10 nitrogen and oxygen atoms in total. The van der Waals surface area contributed by atoms with Gasteiger partial charge in [0.1, 0.15) is 29.7 Å². The highest BCUT2D eigenvalue weighted by atomic mass is 35.5. The fourth-order valence-corrected chi connectivity index (χ4v) is 3.09. The minimum atomic E-state index is -2.34. The van der Waals surface area contributed by atoms with E-state index in [4.69, 9.17) is 23.2 Å². The number of esters is 2. The molecular weight excluding hydrogens is 531 g/mol. The third-order valence-corrected chi connectivity index (χ3v) is 4.70. The lowest BCUT2D eigenvalue weighted by molar-refractivity contribution is -0.568. The predicted molar refractivity (Wildman–Crippen MR) is 109 cm³/mol. The fraction of sp³-hybridized carbons (Fsp3) is 0.263. The first-order chi connectivity index (χ1) is 16.3. The molecule has 0 fully saturated rings. The molecule has 0 heterocycles. The number of hydrogen-bond donors (Lipinski definition) is 0. The standard InChI is InChI=1S/C19H12Cl2F4N2O8/c20-8-1-12(22)10(13(23)2-8)5-16(26(30)31)34-18(28)7-19(29)35-17(27(32)33)6-11-14(24)3-9(21)4-15(11)25/h1-4,16-17H,5-7H2/t16-,17-/m1/s1. The molecule has 0 spiro atoms. The van der Waals surface area contributed by atoms with Crippen LogP contribution < -0.4 is 0 Å². The Morgan fingerprint density at radius 2 is 1.03 bits per heavy atom. The molecule has 0 aromatic heterocycles. The summed E-state index contributed by atoms with van der Waals surface area (Å²) in [4.78, 5) is 43.7. The van der Waals surface area contributed by atoms with E-state index in [1.165, 1.54) is 0 Å². The Labute approximate surface area is 202 Å². The summed E-state index contributed by atoms with van der Waals surface area (Å²) >= 11 is 10.9. The molecule has 2 aromatic carbocycles. The van der Waals surface area contributed by atoms with Gasteiger partial charge in [0.2, 0.25) is 0 Å². The van der Waals surface area contributed by atoms with Gasteiger partial charge in [-0.25, -0.2) is 17.6 Å². The maximum Gasteiger partial charge on any atom is 0.360 e. The number of halogens is 6. The topological polar surface area (TPSA) is 139 Å². The van der Waals surface area contributed by atoms with Gasteiger partial charge in [-0.15, -0.1) is 0 Å². The van der Waals surface area contributed by atoms with Crippen molar-refractivity contribution in [2.24, 2.45) is 0 Å². The van der Waals surface area contributed by atoms with Crippen molar-refractivity contribution < 1.29 is 46.5 Å². The zero-order chi connectivity index (χ0) is 26.4. The third kappa shape index (κ3) is 7.75. The highest BCUT2D eigenvalue weighted by molar-refractivity contribution is 6.30. The fourth-order valence-electron chi connectivity index (χ4n) is 2.71. The van der Waals surface area contributed by atoms with Gasteiger partial charge in [0.15, 0.2) is 0 Å². The number of nitrogens with zero attached hydrogens (tertiary/aromatic N) is 2. The van der Waals surface area contributed by atoms with Gasteiger partial charge >= 0.3 is 24.4 Å². The SMILES string of the molecule is O=C(CC(=O)O[C@H](Cc1c(F)cc(Cl)cc1F)[N+](=O)[O-])O[C@H](Cc1c(F)cc(Cl)cc1F)[N+](=O)[O-]. The number of carbonyl (C=O) groups excluding carboxylic acids is 2. The largest absolute Gasteiger partial charge is 0.397 e. The van der Waals surface area contributed by atoms with Crippen LogP contribution in [-0.4, -0.2) is 34.2 Å². The van der Waals surface area contributed by atoms with Gasteiger partial charge in [0.05, 0.1) is 22.7 Å². The molecule has 0 aliphatic heterocycles. The molecule has 0 radical (unpaired) electrons. The molecule has 0 saturated heterocycles. The summed E-state index contributed by atoms with van der Waals surface area (Å²) in [6.07, 6.45) is -8.23. The molecule has 16 heteroatoms. The highest BCUT2D eigenvalue weighted by Crippen LogP contribution is 2.23. The summed E-state index contributed by atoms with van der Waals surface area (Å²) in [5, 5.41) is 21.6. The van der Waals surface area contributed by atoms with Crippen molar-refractivity contribution in [1.82, 2.24) is 0 Å². The second-order valence-electron chi connectivity index (χ2n) is 6.74. The summed E-state index contributed by atoms with van der Waals surface area (Å²) in [6, 6.07) is 2.67. The van der Waals surface area contributed by atoms with Gasteiger partial charge in [-0.05, 0) is 24.3 Å². The van der Waals surface area contributed by atoms with Crippen molar-refractivity contribution in [3.8, 4) is 0 Å². The molecule has 0 unspecified atom stereocenters. The zero-order valence-corrected chi connectivity index (χ0v) is 18.5. The smallest absolute Gasteiger partial charge is 0.360 e. The first kappa shape index (κ1) is 27.7. The number of benzene rings is 2. The second kappa shape index (κ2) is 11.8. The predicted octanol–water partition coefficient (Wildman–Crippen LogP) is 4.02. The molecule has 35 heavy (non-hydrogen) atoms. The van der Waals surface area contributed by atoms with Gasteiger partial charge < -0.3 is 9.47 Å². The maximum absolute atomic E-state index is 13.9. The molecule has 188 valence electrons. The zero-order valence-electron chi connectivity index (χ0n) is 17.0. The molecular formula is C19H12Cl2F4N2O8. The lowest BCUT2D eigenvalue weighted by Gasteiger charge is -2.13. The van der Waals surface area contributed by atoms with Gasteiger partial charge in [0.25, 0.3) is 0 Å². The van der Waals surface area contributed by atoms with Crippen LogP contribution in [0, 0.1) is 43.5 Å². The van der Waals surface area contributed by atoms with Gasteiger partial charge in [-0.3, -0.25) is 29.8 Å². The number of hydrogen-bond acceptors (Lipinski definition) is 8. The van der Waals surface area contributed by atoms with Gasteiger partial charge in [-0.2, -0.15) is 0 Å². The minimum Gasteiger partial charge on any atom is -0.397 e. The first-order valence-electron chi connectivity index (χ1n) is 9.21. The van der Waals surface area contributed by atoms with Crippen LogP contribution in [0.3, 0.4) is 0 Å². The lowest BCUT2D eigenvalue weighted by atomic mass is 10.1. The van der Waals surface area contributed by atoms with Crippen LogP contribution in [0.4, 0.5) is 17.6 Å². The Hall–Kier alpha value is -3.52. The average Bonchev–Trinajstić information content (AvgIpc) is 2.70. The number of rotatable bonds is 10. The lowest BCUT2D eigenvalue weighted by Crippen LogP contribution is -2.33. The van der Waals surface area contributed by atoms with E-state index in [9.17, 15) is 47.4 Å². The molecule has 2 atom stereocenters. The second-order valence-corrected chi connectivity index (χ2v) is 7.61. The number of carbonyl (C=O) groups is 2. The monoisotopic (exact) mass is 542 g/mol. The van der Waals surface area contributed by atoms with Crippen molar-refractivity contribution in [2.75, 3.05) is 0 Å². The third-order valence-electron chi connectivity index (χ3n) is 4.26. The first-order valence-corrected chi connectivity index (χ1v) is 9.96. The molecule has 0 aliphatic rings. The van der Waals surface area contributed by atoms with Crippen LogP contribution in [0.2, 0.25) is 10.0 Å². The summed E-state index contributed by atoms with van der Waals surface area (Å²) in [5.74, 6) is -8.28. The van der Waals surface area contributed by atoms with Crippen LogP contribution in [0.1, 0.15) is 17.5 Å². The number of nitro groups is 2. The van der Waals surface area contributed by atoms with Crippen LogP contribution >= 0.6 is 23.2 Å². The van der Waals surface area contributed by atoms with E-state index < -0.39 is 87.9 Å².